The number of thioether (sulfide) groups is 1. The van der Waals surface area contributed by atoms with Crippen molar-refractivity contribution in [3.63, 3.8) is 0 Å². The summed E-state index contributed by atoms with van der Waals surface area (Å²) in [5, 5.41) is 13.1. The average molecular weight is 255 g/mol. The maximum absolute atomic E-state index is 6.13. The van der Waals surface area contributed by atoms with E-state index in [1.807, 2.05) is 31.3 Å². The highest BCUT2D eigenvalue weighted by Crippen LogP contribution is 2.36. The molecule has 2 rings (SSSR count). The summed E-state index contributed by atoms with van der Waals surface area (Å²) in [6.07, 6.45) is 0. The van der Waals surface area contributed by atoms with Crippen molar-refractivity contribution in [2.45, 2.75) is 17.3 Å². The lowest BCUT2D eigenvalue weighted by Gasteiger charge is -2.11. The Hall–Kier alpha value is -1.07. The second kappa shape index (κ2) is 4.84. The van der Waals surface area contributed by atoms with E-state index in [2.05, 4.69) is 22.4 Å². The highest BCUT2D eigenvalue weighted by molar-refractivity contribution is 7.99. The Morgan fingerprint density at radius 3 is 2.75 bits per heavy atom. The van der Waals surface area contributed by atoms with Crippen molar-refractivity contribution in [2.24, 2.45) is 7.05 Å². The minimum absolute atomic E-state index is 0.221. The molecule has 0 unspecified atom stereocenters. The van der Waals surface area contributed by atoms with Crippen molar-refractivity contribution >= 4 is 23.4 Å². The van der Waals surface area contributed by atoms with Gasteiger partial charge in [-0.05, 0) is 29.0 Å². The van der Waals surface area contributed by atoms with Gasteiger partial charge in [-0.3, -0.25) is 0 Å². The van der Waals surface area contributed by atoms with Crippen LogP contribution in [-0.4, -0.2) is 20.2 Å². The van der Waals surface area contributed by atoms with Gasteiger partial charge in [0.1, 0.15) is 0 Å². The van der Waals surface area contributed by atoms with E-state index in [4.69, 9.17) is 11.6 Å². The molecule has 0 bridgehead atoms. The first kappa shape index (κ1) is 11.4. The molecule has 0 fully saturated rings. The predicted octanol–water partition coefficient (Wildman–Crippen LogP) is 2.72. The van der Waals surface area contributed by atoms with Crippen LogP contribution >= 0.6 is 23.4 Å². The molecule has 0 aliphatic carbocycles. The van der Waals surface area contributed by atoms with Crippen molar-refractivity contribution in [3.05, 3.63) is 34.9 Å². The van der Waals surface area contributed by atoms with E-state index in [1.165, 1.54) is 0 Å². The first-order chi connectivity index (χ1) is 7.68. The molecule has 1 heterocycles. The molecular weight excluding hydrogens is 244 g/mol. The van der Waals surface area contributed by atoms with Crippen LogP contribution in [0.15, 0.2) is 29.4 Å². The van der Waals surface area contributed by atoms with Crippen LogP contribution in [0.2, 0.25) is 5.02 Å². The zero-order chi connectivity index (χ0) is 11.5. The molecule has 0 saturated heterocycles. The first-order valence-corrected chi connectivity index (χ1v) is 6.07. The summed E-state index contributed by atoms with van der Waals surface area (Å²) in [6, 6.07) is 7.81. The molecule has 16 heavy (non-hydrogen) atoms. The van der Waals surface area contributed by atoms with Crippen molar-refractivity contribution in [3.8, 4) is 0 Å². The normalized spacial score (nSPS) is 12.7. The van der Waals surface area contributed by atoms with Crippen LogP contribution in [0.25, 0.3) is 0 Å². The maximum Gasteiger partial charge on any atom is 0.209 e. The SMILES string of the molecule is C[C@@H](Sc1nnnn1C)c1ccccc1Cl. The van der Waals surface area contributed by atoms with Gasteiger partial charge in [0.2, 0.25) is 5.16 Å². The number of hydrogen-bond acceptors (Lipinski definition) is 4. The van der Waals surface area contributed by atoms with Crippen LogP contribution in [0.1, 0.15) is 17.7 Å². The van der Waals surface area contributed by atoms with Crippen LogP contribution in [0.4, 0.5) is 0 Å². The molecule has 0 N–H and O–H groups in total. The molecule has 2 aromatic rings. The smallest absolute Gasteiger partial charge is 0.209 e. The van der Waals surface area contributed by atoms with Crippen LogP contribution in [0, 0.1) is 0 Å². The third kappa shape index (κ3) is 2.36. The van der Waals surface area contributed by atoms with Gasteiger partial charge >= 0.3 is 0 Å². The standard InChI is InChI=1S/C10H11ClN4S/c1-7(8-5-3-4-6-9(8)11)16-10-12-13-14-15(10)2/h3-7H,1-2H3/t7-/m1/s1. The fourth-order valence-electron chi connectivity index (χ4n) is 1.35. The van der Waals surface area contributed by atoms with E-state index in [0.717, 1.165) is 15.7 Å². The summed E-state index contributed by atoms with van der Waals surface area (Å²) in [5.41, 5.74) is 1.09. The van der Waals surface area contributed by atoms with Crippen LogP contribution in [-0.2, 0) is 7.05 Å². The van der Waals surface area contributed by atoms with Gasteiger partial charge < -0.3 is 0 Å². The minimum Gasteiger partial charge on any atom is -0.224 e. The number of aryl methyl sites for hydroxylation is 1. The van der Waals surface area contributed by atoms with E-state index in [-0.39, 0.29) is 5.25 Å². The Morgan fingerprint density at radius 1 is 1.38 bits per heavy atom. The van der Waals surface area contributed by atoms with Gasteiger partial charge in [-0.1, -0.05) is 41.6 Å². The zero-order valence-electron chi connectivity index (χ0n) is 8.96. The van der Waals surface area contributed by atoms with Gasteiger partial charge in [0.05, 0.1) is 0 Å². The lowest BCUT2D eigenvalue weighted by molar-refractivity contribution is 0.663. The van der Waals surface area contributed by atoms with Crippen molar-refractivity contribution in [2.75, 3.05) is 0 Å². The number of halogens is 1. The van der Waals surface area contributed by atoms with Gasteiger partial charge in [-0.15, -0.1) is 5.10 Å². The van der Waals surface area contributed by atoms with Crippen molar-refractivity contribution in [1.82, 2.24) is 20.2 Å². The van der Waals surface area contributed by atoms with Crippen molar-refractivity contribution < 1.29 is 0 Å². The summed E-state index contributed by atoms with van der Waals surface area (Å²) < 4.78 is 1.65. The lowest BCUT2D eigenvalue weighted by atomic mass is 10.2. The molecule has 1 aromatic heterocycles. The Kier molecular flexibility index (Phi) is 3.46. The Balaban J connectivity index is 2.18. The molecule has 4 nitrogen and oxygen atoms in total. The molecule has 0 amide bonds. The summed E-state index contributed by atoms with van der Waals surface area (Å²) in [4.78, 5) is 0. The fraction of sp³-hybridized carbons (Fsp3) is 0.300. The molecule has 0 radical (unpaired) electrons. The topological polar surface area (TPSA) is 43.6 Å². The van der Waals surface area contributed by atoms with Crippen LogP contribution in [0.3, 0.4) is 0 Å². The molecule has 1 atom stereocenters. The quantitative estimate of drug-likeness (QED) is 0.790. The number of aromatic nitrogens is 4. The minimum atomic E-state index is 0.221. The predicted molar refractivity (Wildman–Crippen MR) is 64.5 cm³/mol. The molecule has 0 saturated carbocycles. The van der Waals surface area contributed by atoms with E-state index in [1.54, 1.807) is 16.4 Å². The molecule has 0 aliphatic rings. The van der Waals surface area contributed by atoms with E-state index >= 15 is 0 Å². The lowest BCUT2D eigenvalue weighted by Crippen LogP contribution is -1.96. The Bertz CT molecular complexity index is 485. The molecule has 0 spiro atoms. The second-order valence-corrected chi connectivity index (χ2v) is 5.08. The van der Waals surface area contributed by atoms with Gasteiger partial charge in [0.15, 0.2) is 0 Å². The number of nitrogens with zero attached hydrogens (tertiary/aromatic N) is 4. The maximum atomic E-state index is 6.13. The third-order valence-electron chi connectivity index (χ3n) is 2.21. The van der Waals surface area contributed by atoms with E-state index in [9.17, 15) is 0 Å². The highest BCUT2D eigenvalue weighted by Gasteiger charge is 2.13. The highest BCUT2D eigenvalue weighted by atomic mass is 35.5. The zero-order valence-corrected chi connectivity index (χ0v) is 10.5. The van der Waals surface area contributed by atoms with Crippen molar-refractivity contribution in [1.29, 1.82) is 0 Å². The largest absolute Gasteiger partial charge is 0.224 e. The van der Waals surface area contributed by atoms with Crippen LogP contribution in [0.5, 0.6) is 0 Å². The van der Waals surface area contributed by atoms with Gasteiger partial charge in [0.25, 0.3) is 0 Å². The first-order valence-electron chi connectivity index (χ1n) is 4.82. The summed E-state index contributed by atoms with van der Waals surface area (Å²) in [6.45, 7) is 2.08. The van der Waals surface area contributed by atoms with Crippen LogP contribution < -0.4 is 0 Å². The number of hydrogen-bond donors (Lipinski definition) is 0. The Labute approximate surface area is 103 Å². The molecule has 84 valence electrons. The third-order valence-corrected chi connectivity index (χ3v) is 3.72. The molecule has 0 aliphatic heterocycles. The van der Waals surface area contributed by atoms with E-state index < -0.39 is 0 Å². The summed E-state index contributed by atoms with van der Waals surface area (Å²) in [5.74, 6) is 0. The Morgan fingerprint density at radius 2 is 2.12 bits per heavy atom. The average Bonchev–Trinajstić information content (AvgIpc) is 2.65. The summed E-state index contributed by atoms with van der Waals surface area (Å²) >= 11 is 7.71. The summed E-state index contributed by atoms with van der Waals surface area (Å²) in [7, 11) is 1.82. The molecular formula is C10H11ClN4S. The van der Waals surface area contributed by atoms with Gasteiger partial charge in [-0.2, -0.15) is 0 Å². The number of tetrazole rings is 1. The number of benzene rings is 1. The number of rotatable bonds is 3. The molecule has 1 aromatic carbocycles. The fourth-order valence-corrected chi connectivity index (χ4v) is 2.63. The monoisotopic (exact) mass is 254 g/mol. The second-order valence-electron chi connectivity index (χ2n) is 3.37. The molecule has 6 heteroatoms. The van der Waals surface area contributed by atoms with E-state index in [0.29, 0.717) is 0 Å². The van der Waals surface area contributed by atoms with Gasteiger partial charge in [-0.25, -0.2) is 4.68 Å². The van der Waals surface area contributed by atoms with Gasteiger partial charge in [0, 0.05) is 17.3 Å².